The molecule has 2 rings (SSSR count). The molecule has 2 aromatic rings. The maximum absolute atomic E-state index is 9.52. The van der Waals surface area contributed by atoms with E-state index in [1.807, 2.05) is 0 Å². The van der Waals surface area contributed by atoms with Crippen molar-refractivity contribution in [3.8, 4) is 34.1 Å². The molecule has 0 aliphatic rings. The number of hydrogen-bond donors (Lipinski definition) is 4. The molecule has 138 valence electrons. The highest BCUT2D eigenvalue weighted by Gasteiger charge is 2.25. The van der Waals surface area contributed by atoms with Crippen molar-refractivity contribution in [2.75, 3.05) is 28.4 Å². The largest absolute Gasteiger partial charge is 0.497 e. The number of rotatable bonds is 7. The minimum Gasteiger partial charge on any atom is -0.497 e. The Morgan fingerprint density at radius 1 is 0.538 bits per heavy atom. The average molecular weight is 362 g/mol. The zero-order chi connectivity index (χ0) is 19.4. The molecule has 0 atom stereocenters. The van der Waals surface area contributed by atoms with Gasteiger partial charge in [0.05, 0.1) is 28.4 Å². The fourth-order valence-electron chi connectivity index (χ4n) is 2.67. The molecule has 10 heteroatoms. The van der Waals surface area contributed by atoms with Crippen LogP contribution in [0.4, 0.5) is 0 Å². The summed E-state index contributed by atoms with van der Waals surface area (Å²) >= 11 is 0. The second kappa shape index (κ2) is 8.33. The van der Waals surface area contributed by atoms with Gasteiger partial charge in [0.15, 0.2) is 0 Å². The minimum atomic E-state index is -1.74. The van der Waals surface area contributed by atoms with E-state index in [0.29, 0.717) is 22.6 Å². The van der Waals surface area contributed by atoms with E-state index in [-0.39, 0.29) is 22.4 Å². The Morgan fingerprint density at radius 2 is 0.846 bits per heavy atom. The molecule has 0 aliphatic heterocycles. The first-order valence-electron chi connectivity index (χ1n) is 7.62. The SMILES string of the molecule is COc1cc(-c2cc(OC)c(B(O)O)cc2OC)c(OC)cc1B(O)O. The van der Waals surface area contributed by atoms with Gasteiger partial charge in [-0.15, -0.1) is 0 Å². The van der Waals surface area contributed by atoms with E-state index >= 15 is 0 Å². The lowest BCUT2D eigenvalue weighted by Gasteiger charge is -2.18. The molecule has 0 fully saturated rings. The normalized spacial score (nSPS) is 10.3. The van der Waals surface area contributed by atoms with Gasteiger partial charge in [0.1, 0.15) is 23.0 Å². The number of benzene rings is 2. The van der Waals surface area contributed by atoms with E-state index in [1.165, 1.54) is 40.6 Å². The molecular weight excluding hydrogens is 342 g/mol. The highest BCUT2D eigenvalue weighted by atomic mass is 16.5. The van der Waals surface area contributed by atoms with Crippen molar-refractivity contribution in [1.82, 2.24) is 0 Å². The lowest BCUT2D eigenvalue weighted by molar-refractivity contribution is 0.393. The molecule has 2 aromatic carbocycles. The molecule has 0 bridgehead atoms. The highest BCUT2D eigenvalue weighted by molar-refractivity contribution is 6.60. The first-order valence-corrected chi connectivity index (χ1v) is 7.62. The van der Waals surface area contributed by atoms with Gasteiger partial charge in [0, 0.05) is 22.1 Å². The molecule has 0 amide bonds. The van der Waals surface area contributed by atoms with Gasteiger partial charge in [-0.2, -0.15) is 0 Å². The summed E-state index contributed by atoms with van der Waals surface area (Å²) in [5, 5.41) is 38.1. The summed E-state index contributed by atoms with van der Waals surface area (Å²) in [7, 11) is 2.21. The van der Waals surface area contributed by atoms with Gasteiger partial charge in [-0.1, -0.05) is 0 Å². The highest BCUT2D eigenvalue weighted by Crippen LogP contribution is 2.39. The Labute approximate surface area is 151 Å². The maximum atomic E-state index is 9.52. The molecule has 0 aromatic heterocycles. The zero-order valence-electron chi connectivity index (χ0n) is 14.9. The van der Waals surface area contributed by atoms with Crippen LogP contribution in [-0.4, -0.2) is 62.8 Å². The molecule has 0 unspecified atom stereocenters. The number of hydrogen-bond acceptors (Lipinski definition) is 8. The molecule has 0 spiro atoms. The van der Waals surface area contributed by atoms with E-state index in [1.54, 1.807) is 12.1 Å². The van der Waals surface area contributed by atoms with E-state index in [0.717, 1.165) is 0 Å². The zero-order valence-corrected chi connectivity index (χ0v) is 14.9. The lowest BCUT2D eigenvalue weighted by atomic mass is 9.77. The Bertz CT molecular complexity index is 714. The van der Waals surface area contributed by atoms with Crippen LogP contribution in [0.2, 0.25) is 0 Å². The second-order valence-electron chi connectivity index (χ2n) is 5.34. The average Bonchev–Trinajstić information content (AvgIpc) is 2.65. The summed E-state index contributed by atoms with van der Waals surface area (Å²) in [4.78, 5) is 0. The van der Waals surface area contributed by atoms with Crippen molar-refractivity contribution in [2.24, 2.45) is 0 Å². The molecule has 0 radical (unpaired) electrons. The lowest BCUT2D eigenvalue weighted by Crippen LogP contribution is -2.32. The second-order valence-corrected chi connectivity index (χ2v) is 5.34. The third-order valence-electron chi connectivity index (χ3n) is 3.95. The van der Waals surface area contributed by atoms with E-state index in [2.05, 4.69) is 0 Å². The monoisotopic (exact) mass is 362 g/mol. The van der Waals surface area contributed by atoms with Gasteiger partial charge in [0.2, 0.25) is 0 Å². The van der Waals surface area contributed by atoms with Gasteiger partial charge < -0.3 is 39.0 Å². The van der Waals surface area contributed by atoms with Crippen LogP contribution in [0, 0.1) is 0 Å². The van der Waals surface area contributed by atoms with E-state index < -0.39 is 14.2 Å². The van der Waals surface area contributed by atoms with Crippen LogP contribution in [0.1, 0.15) is 0 Å². The van der Waals surface area contributed by atoms with E-state index in [4.69, 9.17) is 18.9 Å². The summed E-state index contributed by atoms with van der Waals surface area (Å²) < 4.78 is 21.2. The van der Waals surface area contributed by atoms with Crippen LogP contribution >= 0.6 is 0 Å². The van der Waals surface area contributed by atoms with Gasteiger partial charge in [-0.05, 0) is 24.3 Å². The van der Waals surface area contributed by atoms with Crippen molar-refractivity contribution in [1.29, 1.82) is 0 Å². The number of ether oxygens (including phenoxy) is 4. The summed E-state index contributed by atoms with van der Waals surface area (Å²) in [6.45, 7) is 0. The molecule has 26 heavy (non-hydrogen) atoms. The van der Waals surface area contributed by atoms with Crippen LogP contribution in [0.5, 0.6) is 23.0 Å². The van der Waals surface area contributed by atoms with Gasteiger partial charge in [0.25, 0.3) is 0 Å². The van der Waals surface area contributed by atoms with Crippen LogP contribution in [-0.2, 0) is 0 Å². The topological polar surface area (TPSA) is 118 Å². The van der Waals surface area contributed by atoms with Crippen molar-refractivity contribution in [3.63, 3.8) is 0 Å². The molecule has 8 nitrogen and oxygen atoms in total. The van der Waals surface area contributed by atoms with E-state index in [9.17, 15) is 20.1 Å². The molecule has 0 aliphatic carbocycles. The Balaban J connectivity index is 2.78. The number of methoxy groups -OCH3 is 4. The third-order valence-corrected chi connectivity index (χ3v) is 3.95. The smallest absolute Gasteiger partial charge is 0.492 e. The van der Waals surface area contributed by atoms with Crippen molar-refractivity contribution >= 4 is 25.2 Å². The van der Waals surface area contributed by atoms with Crippen LogP contribution in [0.15, 0.2) is 24.3 Å². The van der Waals surface area contributed by atoms with Crippen LogP contribution < -0.4 is 29.9 Å². The molecule has 0 saturated carbocycles. The Hall–Kier alpha value is -2.39. The fraction of sp³-hybridized carbons (Fsp3) is 0.250. The molecule has 0 heterocycles. The predicted molar refractivity (Wildman–Crippen MR) is 97.7 cm³/mol. The van der Waals surface area contributed by atoms with Gasteiger partial charge >= 0.3 is 14.2 Å². The molecule has 4 N–H and O–H groups in total. The maximum Gasteiger partial charge on any atom is 0.492 e. The van der Waals surface area contributed by atoms with Crippen molar-refractivity contribution in [2.45, 2.75) is 0 Å². The van der Waals surface area contributed by atoms with Crippen LogP contribution in [0.3, 0.4) is 0 Å². The minimum absolute atomic E-state index is 0.140. The fourth-order valence-corrected chi connectivity index (χ4v) is 2.67. The summed E-state index contributed by atoms with van der Waals surface area (Å²) in [6, 6.07) is 6.03. The third kappa shape index (κ3) is 3.73. The van der Waals surface area contributed by atoms with Crippen molar-refractivity contribution in [3.05, 3.63) is 24.3 Å². The van der Waals surface area contributed by atoms with Crippen LogP contribution in [0.25, 0.3) is 11.1 Å². The summed E-state index contributed by atoms with van der Waals surface area (Å²) in [6.07, 6.45) is 0. The molecular formula is C16H20B2O8. The standard InChI is InChI=1S/C16H20B2O8/c1-23-13-7-11(17(19)20)15(25-3)5-9(13)10-6-16(26-4)12(18(21)22)8-14(10)24-2/h5-8,19-22H,1-4H3. The Morgan fingerprint density at radius 3 is 1.08 bits per heavy atom. The predicted octanol–water partition coefficient (Wildman–Crippen LogP) is -1.25. The van der Waals surface area contributed by atoms with Crippen molar-refractivity contribution < 1.29 is 39.0 Å². The quantitative estimate of drug-likeness (QED) is 0.452. The first kappa shape index (κ1) is 19.9. The van der Waals surface area contributed by atoms with Gasteiger partial charge in [-0.25, -0.2) is 0 Å². The summed E-state index contributed by atoms with van der Waals surface area (Å²) in [5.41, 5.74) is 1.34. The first-order chi connectivity index (χ1) is 12.4. The Kier molecular flexibility index (Phi) is 6.38. The van der Waals surface area contributed by atoms with Gasteiger partial charge in [-0.3, -0.25) is 0 Å². The molecule has 0 saturated heterocycles. The summed E-state index contributed by atoms with van der Waals surface area (Å²) in [5.74, 6) is 1.16.